The number of pyridine rings is 1. The third kappa shape index (κ3) is 2.22. The molecule has 0 amide bonds. The Morgan fingerprint density at radius 1 is 1.50 bits per heavy atom. The van der Waals surface area contributed by atoms with Gasteiger partial charge in [0, 0.05) is 12.5 Å². The lowest BCUT2D eigenvalue weighted by molar-refractivity contribution is -0.703. The van der Waals surface area contributed by atoms with Crippen molar-refractivity contribution < 1.29 is 9.67 Å². The lowest BCUT2D eigenvalue weighted by Gasteiger charge is -1.97. The summed E-state index contributed by atoms with van der Waals surface area (Å²) in [6.07, 6.45) is 4.20. The predicted molar refractivity (Wildman–Crippen MR) is 47.9 cm³/mol. The molecule has 0 saturated carbocycles. The number of unbranched alkanes of at least 4 members (excludes halogenated alkanes) is 1. The second-order valence-corrected chi connectivity index (χ2v) is 3.11. The van der Waals surface area contributed by atoms with Crippen molar-refractivity contribution in [3.8, 4) is 5.88 Å². The molecule has 66 valence electrons. The summed E-state index contributed by atoms with van der Waals surface area (Å²) in [5, 5.41) is 9.48. The molecule has 12 heavy (non-hydrogen) atoms. The summed E-state index contributed by atoms with van der Waals surface area (Å²) in [6, 6.07) is 3.80. The molecule has 1 aromatic heterocycles. The van der Waals surface area contributed by atoms with Gasteiger partial charge < -0.3 is 5.11 Å². The van der Waals surface area contributed by atoms with E-state index in [1.165, 1.54) is 0 Å². The molecule has 1 heterocycles. The van der Waals surface area contributed by atoms with Gasteiger partial charge in [-0.1, -0.05) is 13.3 Å². The van der Waals surface area contributed by atoms with E-state index in [1.54, 1.807) is 6.07 Å². The molecule has 1 aromatic rings. The molecule has 0 aliphatic rings. The Bertz CT molecular complexity index is 258. The van der Waals surface area contributed by atoms with Crippen molar-refractivity contribution in [3.05, 3.63) is 23.9 Å². The van der Waals surface area contributed by atoms with Gasteiger partial charge in [-0.05, 0) is 12.5 Å². The Kier molecular flexibility index (Phi) is 3.09. The second-order valence-electron chi connectivity index (χ2n) is 3.11. The Labute approximate surface area is 73.5 Å². The van der Waals surface area contributed by atoms with E-state index >= 15 is 0 Å². The smallest absolute Gasteiger partial charge is 0.365 e. The minimum absolute atomic E-state index is 0.364. The number of nitrogens with zero attached hydrogens (tertiary/aromatic N) is 1. The van der Waals surface area contributed by atoms with Gasteiger partial charge in [-0.2, -0.15) is 4.57 Å². The highest BCUT2D eigenvalue weighted by molar-refractivity contribution is 5.12. The van der Waals surface area contributed by atoms with Crippen LogP contribution >= 0.6 is 0 Å². The van der Waals surface area contributed by atoms with Crippen LogP contribution in [0.25, 0.3) is 0 Å². The molecule has 0 aromatic carbocycles. The van der Waals surface area contributed by atoms with Crippen molar-refractivity contribution in [2.24, 2.45) is 0 Å². The van der Waals surface area contributed by atoms with E-state index in [2.05, 4.69) is 6.92 Å². The number of hydrogen-bond donors (Lipinski definition) is 1. The van der Waals surface area contributed by atoms with E-state index in [0.717, 1.165) is 24.9 Å². The minimum atomic E-state index is 0.364. The number of aryl methyl sites for hydroxylation is 2. The molecule has 0 saturated heterocycles. The van der Waals surface area contributed by atoms with E-state index in [4.69, 9.17) is 0 Å². The van der Waals surface area contributed by atoms with Crippen LogP contribution in [0.1, 0.15) is 25.3 Å². The van der Waals surface area contributed by atoms with Crippen LogP contribution in [-0.2, 0) is 6.54 Å². The van der Waals surface area contributed by atoms with Crippen molar-refractivity contribution in [1.29, 1.82) is 0 Å². The monoisotopic (exact) mass is 166 g/mol. The third-order valence-electron chi connectivity index (χ3n) is 1.92. The van der Waals surface area contributed by atoms with E-state index in [1.807, 2.05) is 23.8 Å². The average molecular weight is 166 g/mol. The van der Waals surface area contributed by atoms with Crippen LogP contribution in [-0.4, -0.2) is 5.11 Å². The highest BCUT2D eigenvalue weighted by Crippen LogP contribution is 2.04. The highest BCUT2D eigenvalue weighted by atomic mass is 16.3. The van der Waals surface area contributed by atoms with Gasteiger partial charge >= 0.3 is 5.88 Å². The van der Waals surface area contributed by atoms with Crippen LogP contribution in [0.5, 0.6) is 5.88 Å². The fourth-order valence-electron chi connectivity index (χ4n) is 1.14. The van der Waals surface area contributed by atoms with E-state index in [0.29, 0.717) is 5.88 Å². The van der Waals surface area contributed by atoms with Crippen LogP contribution in [0.15, 0.2) is 18.3 Å². The van der Waals surface area contributed by atoms with Gasteiger partial charge in [0.25, 0.3) is 0 Å². The zero-order valence-corrected chi connectivity index (χ0v) is 7.75. The maximum atomic E-state index is 9.48. The van der Waals surface area contributed by atoms with E-state index < -0.39 is 0 Å². The molecule has 0 atom stereocenters. The number of aromatic nitrogens is 1. The summed E-state index contributed by atoms with van der Waals surface area (Å²) in [5.41, 5.74) is 1.10. The molecular weight excluding hydrogens is 150 g/mol. The number of hydrogen-bond acceptors (Lipinski definition) is 1. The first-order chi connectivity index (χ1) is 5.74. The lowest BCUT2D eigenvalue weighted by atomic mass is 10.3. The summed E-state index contributed by atoms with van der Waals surface area (Å²) in [5.74, 6) is 0.364. The second kappa shape index (κ2) is 4.10. The third-order valence-corrected chi connectivity index (χ3v) is 1.92. The van der Waals surface area contributed by atoms with Gasteiger partial charge in [0.2, 0.25) is 0 Å². The van der Waals surface area contributed by atoms with Crippen LogP contribution in [0.4, 0.5) is 0 Å². The van der Waals surface area contributed by atoms with Crippen molar-refractivity contribution in [1.82, 2.24) is 0 Å². The first kappa shape index (κ1) is 9.04. The molecule has 2 nitrogen and oxygen atoms in total. The van der Waals surface area contributed by atoms with Gasteiger partial charge in [-0.3, -0.25) is 0 Å². The van der Waals surface area contributed by atoms with Gasteiger partial charge in [0.15, 0.2) is 12.7 Å². The fraction of sp³-hybridized carbons (Fsp3) is 0.500. The van der Waals surface area contributed by atoms with E-state index in [-0.39, 0.29) is 0 Å². The Morgan fingerprint density at radius 2 is 2.25 bits per heavy atom. The summed E-state index contributed by atoms with van der Waals surface area (Å²) < 4.78 is 1.87. The fourth-order valence-corrected chi connectivity index (χ4v) is 1.14. The van der Waals surface area contributed by atoms with Crippen LogP contribution in [0.2, 0.25) is 0 Å². The number of aromatic hydroxyl groups is 1. The maximum Gasteiger partial charge on any atom is 0.365 e. The van der Waals surface area contributed by atoms with Gasteiger partial charge in [0.1, 0.15) is 0 Å². The molecule has 1 N–H and O–H groups in total. The molecule has 0 unspecified atom stereocenters. The topological polar surface area (TPSA) is 24.1 Å². The molecule has 0 aliphatic heterocycles. The summed E-state index contributed by atoms with van der Waals surface area (Å²) in [4.78, 5) is 0. The molecule has 0 aliphatic carbocycles. The van der Waals surface area contributed by atoms with Crippen molar-refractivity contribution >= 4 is 0 Å². The molecule has 2 heteroatoms. The summed E-state index contributed by atoms with van der Waals surface area (Å²) in [6.45, 7) is 5.03. The lowest BCUT2D eigenvalue weighted by Crippen LogP contribution is -2.33. The minimum Gasteiger partial charge on any atom is -0.460 e. The zero-order valence-electron chi connectivity index (χ0n) is 7.75. The largest absolute Gasteiger partial charge is 0.460 e. The van der Waals surface area contributed by atoms with E-state index in [9.17, 15) is 5.11 Å². The number of rotatable bonds is 3. The molecule has 0 fully saturated rings. The zero-order chi connectivity index (χ0) is 8.97. The molecule has 1 rings (SSSR count). The van der Waals surface area contributed by atoms with Crippen LogP contribution in [0, 0.1) is 6.92 Å². The van der Waals surface area contributed by atoms with Gasteiger partial charge in [0.05, 0.1) is 6.07 Å². The first-order valence-electron chi connectivity index (χ1n) is 4.43. The predicted octanol–water partition coefficient (Wildman–Crippen LogP) is 1.79. The Morgan fingerprint density at radius 3 is 2.83 bits per heavy atom. The molecule has 0 radical (unpaired) electrons. The highest BCUT2D eigenvalue weighted by Gasteiger charge is 2.06. The van der Waals surface area contributed by atoms with Crippen LogP contribution in [0.3, 0.4) is 0 Å². The van der Waals surface area contributed by atoms with Crippen LogP contribution < -0.4 is 4.57 Å². The summed E-state index contributed by atoms with van der Waals surface area (Å²) in [7, 11) is 0. The molecule has 0 bridgehead atoms. The SMILES string of the molecule is CCCC[n+]1ccc(C)cc1O. The molecular formula is C10H16NO+. The van der Waals surface area contributed by atoms with Gasteiger partial charge in [-0.25, -0.2) is 0 Å². The first-order valence-corrected chi connectivity index (χ1v) is 4.43. The quantitative estimate of drug-likeness (QED) is 0.680. The van der Waals surface area contributed by atoms with Gasteiger partial charge in [-0.15, -0.1) is 0 Å². The molecule has 0 spiro atoms. The van der Waals surface area contributed by atoms with Crippen molar-refractivity contribution in [3.63, 3.8) is 0 Å². The Balaban J connectivity index is 2.72. The standard InChI is InChI=1S/C10H15NO/c1-3-4-6-11-7-5-9(2)8-10(11)12/h5,7-8H,3-4,6H2,1-2H3/p+1. The normalized spacial score (nSPS) is 10.2. The van der Waals surface area contributed by atoms with Crippen molar-refractivity contribution in [2.45, 2.75) is 33.2 Å². The maximum absolute atomic E-state index is 9.48. The Hall–Kier alpha value is -1.05. The van der Waals surface area contributed by atoms with Crippen molar-refractivity contribution in [2.75, 3.05) is 0 Å². The summed E-state index contributed by atoms with van der Waals surface area (Å²) >= 11 is 0. The average Bonchev–Trinajstić information content (AvgIpc) is 2.03.